The van der Waals surface area contributed by atoms with Gasteiger partial charge in [-0.15, -0.1) is 11.3 Å². The molecule has 5 heteroatoms. The predicted octanol–water partition coefficient (Wildman–Crippen LogP) is 4.51. The normalized spacial score (nSPS) is 10.7. The van der Waals surface area contributed by atoms with Gasteiger partial charge < -0.3 is 9.88 Å². The number of thiazole rings is 1. The van der Waals surface area contributed by atoms with Gasteiger partial charge in [0.2, 0.25) is 0 Å². The fourth-order valence-electron chi connectivity index (χ4n) is 2.05. The molecule has 1 aromatic carbocycles. The van der Waals surface area contributed by atoms with E-state index in [4.69, 9.17) is 11.6 Å². The van der Waals surface area contributed by atoms with Crippen molar-refractivity contribution in [1.82, 2.24) is 9.55 Å². The smallest absolute Gasteiger partial charge is 0.183 e. The van der Waals surface area contributed by atoms with E-state index in [2.05, 4.69) is 52.4 Å². The zero-order valence-electron chi connectivity index (χ0n) is 11.0. The highest BCUT2D eigenvalue weighted by Crippen LogP contribution is 2.22. The Morgan fingerprint density at radius 3 is 2.80 bits per heavy atom. The van der Waals surface area contributed by atoms with Crippen LogP contribution >= 0.6 is 22.9 Å². The Kier molecular flexibility index (Phi) is 3.76. The van der Waals surface area contributed by atoms with Crippen LogP contribution < -0.4 is 5.32 Å². The van der Waals surface area contributed by atoms with Crippen molar-refractivity contribution in [2.24, 2.45) is 0 Å². The van der Waals surface area contributed by atoms with Gasteiger partial charge in [-0.25, -0.2) is 4.98 Å². The van der Waals surface area contributed by atoms with Crippen LogP contribution in [-0.2, 0) is 6.54 Å². The van der Waals surface area contributed by atoms with E-state index < -0.39 is 0 Å². The SMILES string of the molecule is Cc1ccc(NCc2cnc(Cl)s2)cc1-n1cccc1. The molecular weight excluding hydrogens is 290 g/mol. The first-order chi connectivity index (χ1) is 9.72. The molecule has 0 unspecified atom stereocenters. The van der Waals surface area contributed by atoms with Crippen LogP contribution in [0.2, 0.25) is 4.47 Å². The summed E-state index contributed by atoms with van der Waals surface area (Å²) in [6, 6.07) is 10.4. The molecule has 0 radical (unpaired) electrons. The molecule has 102 valence electrons. The van der Waals surface area contributed by atoms with Gasteiger partial charge >= 0.3 is 0 Å². The maximum absolute atomic E-state index is 5.83. The second kappa shape index (κ2) is 5.69. The van der Waals surface area contributed by atoms with E-state index in [1.165, 1.54) is 22.6 Å². The summed E-state index contributed by atoms with van der Waals surface area (Å²) < 4.78 is 2.70. The minimum Gasteiger partial charge on any atom is -0.380 e. The number of nitrogens with zero attached hydrogens (tertiary/aromatic N) is 2. The van der Waals surface area contributed by atoms with Gasteiger partial charge in [0.25, 0.3) is 0 Å². The van der Waals surface area contributed by atoms with Crippen LogP contribution in [-0.4, -0.2) is 9.55 Å². The summed E-state index contributed by atoms with van der Waals surface area (Å²) in [5.74, 6) is 0. The van der Waals surface area contributed by atoms with Gasteiger partial charge in [-0.1, -0.05) is 17.7 Å². The van der Waals surface area contributed by atoms with Crippen LogP contribution in [0.25, 0.3) is 5.69 Å². The highest BCUT2D eigenvalue weighted by molar-refractivity contribution is 7.15. The first-order valence-corrected chi connectivity index (χ1v) is 7.50. The molecule has 0 aliphatic rings. The third-order valence-electron chi connectivity index (χ3n) is 3.08. The Hall–Kier alpha value is -1.78. The molecule has 0 aliphatic carbocycles. The standard InChI is InChI=1S/C15H14ClN3S/c1-11-4-5-12(8-14(11)19-6-2-3-7-19)17-9-13-10-18-15(16)20-13/h2-8,10,17H,9H2,1H3. The van der Waals surface area contributed by atoms with Crippen LogP contribution in [0.5, 0.6) is 0 Å². The number of aromatic nitrogens is 2. The predicted molar refractivity (Wildman–Crippen MR) is 85.0 cm³/mol. The number of halogens is 1. The number of aryl methyl sites for hydroxylation is 1. The lowest BCUT2D eigenvalue weighted by atomic mass is 10.1. The molecule has 0 bridgehead atoms. The minimum atomic E-state index is 0.582. The van der Waals surface area contributed by atoms with E-state index >= 15 is 0 Å². The Bertz CT molecular complexity index is 704. The first-order valence-electron chi connectivity index (χ1n) is 6.30. The zero-order chi connectivity index (χ0) is 13.9. The van der Waals surface area contributed by atoms with Gasteiger partial charge in [0, 0.05) is 34.8 Å². The molecule has 3 aromatic rings. The van der Waals surface area contributed by atoms with Crippen LogP contribution in [0.15, 0.2) is 48.9 Å². The molecular formula is C15H14ClN3S. The Balaban J connectivity index is 1.79. The van der Waals surface area contributed by atoms with Crippen molar-refractivity contribution >= 4 is 28.6 Å². The fourth-order valence-corrected chi connectivity index (χ4v) is 2.96. The Morgan fingerprint density at radius 1 is 1.30 bits per heavy atom. The first kappa shape index (κ1) is 13.2. The van der Waals surface area contributed by atoms with Crippen molar-refractivity contribution in [2.45, 2.75) is 13.5 Å². The summed E-state index contributed by atoms with van der Waals surface area (Å²) in [6.45, 7) is 2.85. The molecule has 0 spiro atoms. The number of rotatable bonds is 4. The minimum absolute atomic E-state index is 0.582. The lowest BCUT2D eigenvalue weighted by molar-refractivity contribution is 1.06. The van der Waals surface area contributed by atoms with Gasteiger partial charge in [-0.3, -0.25) is 0 Å². The zero-order valence-corrected chi connectivity index (χ0v) is 12.6. The third-order valence-corrected chi connectivity index (χ3v) is 4.20. The molecule has 3 nitrogen and oxygen atoms in total. The number of hydrogen-bond acceptors (Lipinski definition) is 3. The summed E-state index contributed by atoms with van der Waals surface area (Å²) in [5, 5.41) is 3.40. The lowest BCUT2D eigenvalue weighted by Crippen LogP contribution is -2.00. The molecule has 3 rings (SSSR count). The van der Waals surface area contributed by atoms with E-state index in [9.17, 15) is 0 Å². The number of benzene rings is 1. The van der Waals surface area contributed by atoms with E-state index in [1.54, 1.807) is 6.20 Å². The van der Waals surface area contributed by atoms with Crippen LogP contribution in [0.1, 0.15) is 10.4 Å². The average molecular weight is 304 g/mol. The molecule has 2 aromatic heterocycles. The number of hydrogen-bond donors (Lipinski definition) is 1. The monoisotopic (exact) mass is 303 g/mol. The van der Waals surface area contributed by atoms with Gasteiger partial charge in [-0.05, 0) is 36.8 Å². The molecule has 0 saturated heterocycles. The molecule has 0 amide bonds. The number of nitrogens with one attached hydrogen (secondary N) is 1. The van der Waals surface area contributed by atoms with Crippen molar-refractivity contribution in [3.63, 3.8) is 0 Å². The second-order valence-corrected chi connectivity index (χ2v) is 6.22. The average Bonchev–Trinajstić information content (AvgIpc) is 3.09. The summed E-state index contributed by atoms with van der Waals surface area (Å²) in [7, 11) is 0. The summed E-state index contributed by atoms with van der Waals surface area (Å²) in [6.07, 6.45) is 5.91. The molecule has 0 fully saturated rings. The summed E-state index contributed by atoms with van der Waals surface area (Å²) in [5.41, 5.74) is 3.51. The van der Waals surface area contributed by atoms with Crippen LogP contribution in [0.3, 0.4) is 0 Å². The maximum Gasteiger partial charge on any atom is 0.183 e. The topological polar surface area (TPSA) is 29.9 Å². The van der Waals surface area contributed by atoms with E-state index in [1.807, 2.05) is 12.1 Å². The van der Waals surface area contributed by atoms with Gasteiger partial charge in [0.05, 0.1) is 6.54 Å². The molecule has 0 saturated carbocycles. The third kappa shape index (κ3) is 2.86. The second-order valence-electron chi connectivity index (χ2n) is 4.52. The quantitative estimate of drug-likeness (QED) is 0.768. The number of anilines is 1. The fraction of sp³-hybridized carbons (Fsp3) is 0.133. The van der Waals surface area contributed by atoms with Crippen molar-refractivity contribution in [1.29, 1.82) is 0 Å². The van der Waals surface area contributed by atoms with Crippen molar-refractivity contribution in [2.75, 3.05) is 5.32 Å². The highest BCUT2D eigenvalue weighted by atomic mass is 35.5. The Morgan fingerprint density at radius 2 is 2.10 bits per heavy atom. The van der Waals surface area contributed by atoms with Crippen molar-refractivity contribution in [3.05, 3.63) is 63.8 Å². The van der Waals surface area contributed by atoms with Crippen LogP contribution in [0, 0.1) is 6.92 Å². The molecule has 0 aliphatic heterocycles. The molecule has 2 heterocycles. The lowest BCUT2D eigenvalue weighted by Gasteiger charge is -2.11. The Labute approximate surface area is 126 Å². The van der Waals surface area contributed by atoms with Crippen molar-refractivity contribution in [3.8, 4) is 5.69 Å². The van der Waals surface area contributed by atoms with E-state index in [0.717, 1.165) is 17.1 Å². The summed E-state index contributed by atoms with van der Waals surface area (Å²) in [4.78, 5) is 5.16. The van der Waals surface area contributed by atoms with Crippen molar-refractivity contribution < 1.29 is 0 Å². The van der Waals surface area contributed by atoms with E-state index in [0.29, 0.717) is 4.47 Å². The summed E-state index contributed by atoms with van der Waals surface area (Å²) >= 11 is 7.33. The van der Waals surface area contributed by atoms with Crippen LogP contribution in [0.4, 0.5) is 5.69 Å². The molecule has 20 heavy (non-hydrogen) atoms. The molecule has 0 atom stereocenters. The highest BCUT2D eigenvalue weighted by Gasteiger charge is 2.03. The van der Waals surface area contributed by atoms with Gasteiger partial charge in [0.1, 0.15) is 0 Å². The van der Waals surface area contributed by atoms with Gasteiger partial charge in [0.15, 0.2) is 4.47 Å². The largest absolute Gasteiger partial charge is 0.380 e. The maximum atomic E-state index is 5.83. The van der Waals surface area contributed by atoms with E-state index in [-0.39, 0.29) is 0 Å². The van der Waals surface area contributed by atoms with Gasteiger partial charge in [-0.2, -0.15) is 0 Å². The molecule has 1 N–H and O–H groups in total.